The molecule has 0 aromatic rings. The van der Waals surface area contributed by atoms with E-state index >= 15 is 0 Å². The van der Waals surface area contributed by atoms with Crippen LogP contribution in [0.15, 0.2) is 0 Å². The highest BCUT2D eigenvalue weighted by atomic mass is 32.2. The lowest BCUT2D eigenvalue weighted by molar-refractivity contribution is 0.0622. The molecule has 2 rings (SSSR count). The fourth-order valence-electron chi connectivity index (χ4n) is 3.10. The average molecular weight is 272 g/mol. The Morgan fingerprint density at radius 2 is 2.28 bits per heavy atom. The third-order valence-electron chi connectivity index (χ3n) is 4.29. The number of rotatable bonds is 4. The first-order valence-corrected chi connectivity index (χ1v) is 8.66. The molecule has 0 spiro atoms. The second-order valence-corrected chi connectivity index (χ2v) is 6.77. The van der Waals surface area contributed by atoms with Gasteiger partial charge >= 0.3 is 0 Å². The highest BCUT2D eigenvalue weighted by Gasteiger charge is 2.23. The Morgan fingerprint density at radius 3 is 3.00 bits per heavy atom. The van der Waals surface area contributed by atoms with Gasteiger partial charge in [0.25, 0.3) is 0 Å². The number of ether oxygens (including phenoxy) is 1. The van der Waals surface area contributed by atoms with E-state index in [-0.39, 0.29) is 0 Å². The molecule has 3 atom stereocenters. The van der Waals surface area contributed by atoms with Crippen molar-refractivity contribution in [2.24, 2.45) is 0 Å². The lowest BCUT2D eigenvalue weighted by Gasteiger charge is -2.32. The fourth-order valence-corrected chi connectivity index (χ4v) is 3.84. The normalized spacial score (nSPS) is 33.0. The van der Waals surface area contributed by atoms with Crippen molar-refractivity contribution in [2.45, 2.75) is 49.9 Å². The molecule has 106 valence electrons. The average Bonchev–Trinajstić information content (AvgIpc) is 2.65. The van der Waals surface area contributed by atoms with Crippen molar-refractivity contribution >= 4 is 11.8 Å². The summed E-state index contributed by atoms with van der Waals surface area (Å²) < 4.78 is 5.55. The third kappa shape index (κ3) is 4.41. The van der Waals surface area contributed by atoms with Gasteiger partial charge in [-0.05, 0) is 52.0 Å². The molecule has 0 aromatic heterocycles. The highest BCUT2D eigenvalue weighted by Crippen LogP contribution is 2.23. The summed E-state index contributed by atoms with van der Waals surface area (Å²) in [6.07, 6.45) is 7.61. The molecule has 1 N–H and O–H groups in total. The number of hydrogen-bond donors (Lipinski definition) is 1. The van der Waals surface area contributed by atoms with E-state index in [1.54, 1.807) is 0 Å². The van der Waals surface area contributed by atoms with Gasteiger partial charge in [-0.3, -0.25) is 0 Å². The van der Waals surface area contributed by atoms with Gasteiger partial charge in [0.05, 0.1) is 13.2 Å². The highest BCUT2D eigenvalue weighted by molar-refractivity contribution is 7.99. The molecule has 18 heavy (non-hydrogen) atoms. The van der Waals surface area contributed by atoms with Crippen molar-refractivity contribution in [3.8, 4) is 0 Å². The predicted octanol–water partition coefficient (Wildman–Crippen LogP) is 1.97. The first-order valence-electron chi connectivity index (χ1n) is 7.37. The molecule has 3 nitrogen and oxygen atoms in total. The molecule has 2 aliphatic heterocycles. The Hall–Kier alpha value is 0.230. The number of likely N-dealkylation sites (tertiary alicyclic amines) is 1. The molecule has 2 heterocycles. The number of nitrogens with one attached hydrogen (secondary N) is 1. The van der Waals surface area contributed by atoms with Gasteiger partial charge in [0.2, 0.25) is 0 Å². The molecule has 0 radical (unpaired) electrons. The second-order valence-electron chi connectivity index (χ2n) is 5.64. The summed E-state index contributed by atoms with van der Waals surface area (Å²) in [7, 11) is 0. The number of thioether (sulfide) groups is 1. The van der Waals surface area contributed by atoms with Crippen LogP contribution < -0.4 is 5.32 Å². The molecule has 0 amide bonds. The summed E-state index contributed by atoms with van der Waals surface area (Å²) >= 11 is 2.05. The van der Waals surface area contributed by atoms with Gasteiger partial charge in [-0.25, -0.2) is 0 Å². The van der Waals surface area contributed by atoms with Crippen LogP contribution in [0.25, 0.3) is 0 Å². The van der Waals surface area contributed by atoms with Crippen LogP contribution in [-0.4, -0.2) is 61.3 Å². The molecule has 3 unspecified atom stereocenters. The first kappa shape index (κ1) is 14.6. The standard InChI is InChI=1S/C14H28N2OS/c1-12(10-13-11-17-9-6-15-13)16-7-3-4-14(18-2)5-8-16/h12-15H,3-11H2,1-2H3. The van der Waals surface area contributed by atoms with Crippen molar-refractivity contribution in [1.82, 2.24) is 10.2 Å². The van der Waals surface area contributed by atoms with Gasteiger partial charge in [-0.1, -0.05) is 0 Å². The quantitative estimate of drug-likeness (QED) is 0.846. The molecular formula is C14H28N2OS. The van der Waals surface area contributed by atoms with E-state index in [0.717, 1.165) is 25.0 Å². The SMILES string of the molecule is CSC1CCCN(C(C)CC2COCCN2)CC1. The summed E-state index contributed by atoms with van der Waals surface area (Å²) in [6.45, 7) is 7.74. The lowest BCUT2D eigenvalue weighted by Crippen LogP contribution is -2.46. The van der Waals surface area contributed by atoms with Crippen LogP contribution in [0.3, 0.4) is 0 Å². The maximum Gasteiger partial charge on any atom is 0.0620 e. The summed E-state index contributed by atoms with van der Waals surface area (Å²) in [5, 5.41) is 4.46. The lowest BCUT2D eigenvalue weighted by atomic mass is 10.1. The predicted molar refractivity (Wildman–Crippen MR) is 79.4 cm³/mol. The van der Waals surface area contributed by atoms with Gasteiger partial charge in [0.15, 0.2) is 0 Å². The van der Waals surface area contributed by atoms with Crippen LogP contribution in [0.1, 0.15) is 32.6 Å². The van der Waals surface area contributed by atoms with E-state index in [1.807, 2.05) is 11.8 Å². The Morgan fingerprint density at radius 1 is 1.39 bits per heavy atom. The van der Waals surface area contributed by atoms with Gasteiger partial charge in [-0.2, -0.15) is 11.8 Å². The van der Waals surface area contributed by atoms with Crippen molar-refractivity contribution in [3.05, 3.63) is 0 Å². The van der Waals surface area contributed by atoms with Crippen molar-refractivity contribution in [2.75, 3.05) is 39.1 Å². The van der Waals surface area contributed by atoms with E-state index in [9.17, 15) is 0 Å². The van der Waals surface area contributed by atoms with Crippen molar-refractivity contribution in [1.29, 1.82) is 0 Å². The van der Waals surface area contributed by atoms with Gasteiger partial charge in [0.1, 0.15) is 0 Å². The van der Waals surface area contributed by atoms with Crippen LogP contribution in [0.4, 0.5) is 0 Å². The zero-order valence-corrected chi connectivity index (χ0v) is 12.7. The number of hydrogen-bond acceptors (Lipinski definition) is 4. The van der Waals surface area contributed by atoms with Gasteiger partial charge < -0.3 is 15.0 Å². The van der Waals surface area contributed by atoms with E-state index in [1.165, 1.54) is 38.8 Å². The number of morpholine rings is 1. The maximum absolute atomic E-state index is 5.55. The molecule has 2 fully saturated rings. The van der Waals surface area contributed by atoms with Crippen LogP contribution in [0.2, 0.25) is 0 Å². The second kappa shape index (κ2) is 7.73. The third-order valence-corrected chi connectivity index (χ3v) is 5.43. The van der Waals surface area contributed by atoms with Crippen LogP contribution in [0, 0.1) is 0 Å². The summed E-state index contributed by atoms with van der Waals surface area (Å²) in [5.41, 5.74) is 0. The molecule has 0 bridgehead atoms. The van der Waals surface area contributed by atoms with Crippen LogP contribution in [-0.2, 0) is 4.74 Å². The smallest absolute Gasteiger partial charge is 0.0620 e. The zero-order chi connectivity index (χ0) is 12.8. The topological polar surface area (TPSA) is 24.5 Å². The molecule has 2 saturated heterocycles. The minimum Gasteiger partial charge on any atom is -0.379 e. The molecule has 0 aliphatic carbocycles. The van der Waals surface area contributed by atoms with E-state index in [2.05, 4.69) is 23.4 Å². The first-order chi connectivity index (χ1) is 8.79. The van der Waals surface area contributed by atoms with Crippen molar-refractivity contribution < 1.29 is 4.74 Å². The Labute approximate surface area is 116 Å². The molecule has 0 aromatic carbocycles. The maximum atomic E-state index is 5.55. The van der Waals surface area contributed by atoms with Gasteiger partial charge in [0, 0.05) is 23.9 Å². The zero-order valence-electron chi connectivity index (χ0n) is 11.9. The van der Waals surface area contributed by atoms with Crippen LogP contribution >= 0.6 is 11.8 Å². The summed E-state index contributed by atoms with van der Waals surface area (Å²) in [5.74, 6) is 0. The van der Waals surface area contributed by atoms with E-state index in [0.29, 0.717) is 12.1 Å². The van der Waals surface area contributed by atoms with E-state index in [4.69, 9.17) is 4.74 Å². The molecular weight excluding hydrogens is 244 g/mol. The summed E-state index contributed by atoms with van der Waals surface area (Å²) in [6, 6.07) is 1.25. The largest absolute Gasteiger partial charge is 0.379 e. The minimum absolute atomic E-state index is 0.563. The Balaban J connectivity index is 1.75. The molecule has 2 aliphatic rings. The fraction of sp³-hybridized carbons (Fsp3) is 1.00. The molecule has 0 saturated carbocycles. The Bertz CT molecular complexity index is 234. The summed E-state index contributed by atoms with van der Waals surface area (Å²) in [4.78, 5) is 2.69. The Kier molecular flexibility index (Phi) is 6.29. The van der Waals surface area contributed by atoms with Crippen molar-refractivity contribution in [3.63, 3.8) is 0 Å². The minimum atomic E-state index is 0.563. The number of nitrogens with zero attached hydrogens (tertiary/aromatic N) is 1. The molecule has 4 heteroatoms. The monoisotopic (exact) mass is 272 g/mol. The van der Waals surface area contributed by atoms with E-state index < -0.39 is 0 Å². The van der Waals surface area contributed by atoms with Crippen LogP contribution in [0.5, 0.6) is 0 Å². The van der Waals surface area contributed by atoms with Gasteiger partial charge in [-0.15, -0.1) is 0 Å².